The van der Waals surface area contributed by atoms with Crippen LogP contribution in [0, 0.1) is 0 Å². The summed E-state index contributed by atoms with van der Waals surface area (Å²) in [6.45, 7) is 0. The molecule has 0 N–H and O–H groups in total. The zero-order chi connectivity index (χ0) is 9.26. The van der Waals surface area contributed by atoms with Crippen LogP contribution in [0.15, 0.2) is 28.7 Å². The molecule has 0 radical (unpaired) electrons. The van der Waals surface area contributed by atoms with Crippen molar-refractivity contribution in [2.24, 2.45) is 0 Å². The zero-order valence-corrected chi connectivity index (χ0v) is 8.70. The second-order valence-corrected chi connectivity index (χ2v) is 4.14. The van der Waals surface area contributed by atoms with E-state index in [0.717, 1.165) is 29.4 Å². The van der Waals surface area contributed by atoms with E-state index in [-0.39, 0.29) is 0 Å². The monoisotopic (exact) mass is 239 g/mol. The van der Waals surface area contributed by atoms with Crippen molar-refractivity contribution in [3.63, 3.8) is 0 Å². The lowest BCUT2D eigenvalue weighted by molar-refractivity contribution is -0.107. The highest BCUT2D eigenvalue weighted by Gasteiger charge is 2.28. The minimum Gasteiger partial charge on any atom is -0.312 e. The van der Waals surface area contributed by atoms with Crippen LogP contribution in [0.4, 0.5) is 5.69 Å². The average molecular weight is 240 g/mol. The summed E-state index contributed by atoms with van der Waals surface area (Å²) < 4.78 is 1.01. The molecule has 1 aromatic rings. The third-order valence-corrected chi connectivity index (χ3v) is 2.65. The maximum atomic E-state index is 10.8. The third-order valence-electron chi connectivity index (χ3n) is 2.16. The number of carbonyl (C=O) groups excluding carboxylic acids is 1. The molecule has 1 aliphatic rings. The molecular formula is C10H10BrNO. The molecule has 3 heteroatoms. The Morgan fingerprint density at radius 3 is 2.77 bits per heavy atom. The van der Waals surface area contributed by atoms with Gasteiger partial charge in [-0.25, -0.2) is 0 Å². The van der Waals surface area contributed by atoms with Gasteiger partial charge in [0.05, 0.1) is 0 Å². The van der Waals surface area contributed by atoms with Crippen molar-refractivity contribution < 1.29 is 4.79 Å². The van der Waals surface area contributed by atoms with Crippen molar-refractivity contribution in [1.29, 1.82) is 0 Å². The molecule has 0 unspecified atom stereocenters. The first-order valence-corrected chi connectivity index (χ1v) is 5.10. The molecule has 0 aliphatic heterocycles. The Kier molecular flexibility index (Phi) is 2.36. The van der Waals surface area contributed by atoms with E-state index in [9.17, 15) is 4.79 Å². The molecule has 0 atom stereocenters. The second-order valence-electron chi connectivity index (χ2n) is 3.22. The number of nitrogens with zero attached hydrogens (tertiary/aromatic N) is 1. The Labute approximate surface area is 85.7 Å². The van der Waals surface area contributed by atoms with Crippen LogP contribution in [0.5, 0.6) is 0 Å². The molecule has 0 heterocycles. The first-order chi connectivity index (χ1) is 6.31. The van der Waals surface area contributed by atoms with Crippen LogP contribution >= 0.6 is 15.9 Å². The predicted octanol–water partition coefficient (Wildman–Crippen LogP) is 2.57. The minimum atomic E-state index is 0.437. The second kappa shape index (κ2) is 3.50. The highest BCUT2D eigenvalue weighted by atomic mass is 79.9. The predicted molar refractivity (Wildman–Crippen MR) is 55.7 cm³/mol. The maximum absolute atomic E-state index is 10.8. The fourth-order valence-corrected chi connectivity index (χ4v) is 1.73. The van der Waals surface area contributed by atoms with Gasteiger partial charge >= 0.3 is 0 Å². The van der Waals surface area contributed by atoms with Crippen LogP contribution in [0.1, 0.15) is 12.8 Å². The van der Waals surface area contributed by atoms with Gasteiger partial charge in [0.2, 0.25) is 6.41 Å². The summed E-state index contributed by atoms with van der Waals surface area (Å²) >= 11 is 3.39. The molecule has 2 rings (SSSR count). The molecular weight excluding hydrogens is 230 g/mol. The molecule has 13 heavy (non-hydrogen) atoms. The van der Waals surface area contributed by atoms with Gasteiger partial charge in [0.15, 0.2) is 0 Å². The summed E-state index contributed by atoms with van der Waals surface area (Å²) in [7, 11) is 0. The highest BCUT2D eigenvalue weighted by Crippen LogP contribution is 2.31. The van der Waals surface area contributed by atoms with Gasteiger partial charge in [0.25, 0.3) is 0 Å². The van der Waals surface area contributed by atoms with E-state index in [1.54, 1.807) is 4.90 Å². The lowest BCUT2D eigenvalue weighted by Crippen LogP contribution is -2.23. The highest BCUT2D eigenvalue weighted by molar-refractivity contribution is 9.10. The Morgan fingerprint density at radius 1 is 1.46 bits per heavy atom. The molecule has 0 saturated heterocycles. The third kappa shape index (κ3) is 1.91. The fourth-order valence-electron chi connectivity index (χ4n) is 1.35. The number of amides is 1. The van der Waals surface area contributed by atoms with Crippen LogP contribution in [-0.2, 0) is 4.79 Å². The van der Waals surface area contributed by atoms with Gasteiger partial charge < -0.3 is 4.90 Å². The summed E-state index contributed by atoms with van der Waals surface area (Å²) in [5.74, 6) is 0. The number of halogens is 1. The molecule has 1 saturated carbocycles. The van der Waals surface area contributed by atoms with Gasteiger partial charge in [-0.05, 0) is 31.0 Å². The Hall–Kier alpha value is -0.830. The molecule has 0 bridgehead atoms. The number of anilines is 1. The molecule has 68 valence electrons. The van der Waals surface area contributed by atoms with E-state index >= 15 is 0 Å². The molecule has 1 aromatic carbocycles. The standard InChI is InChI=1S/C10H10BrNO/c11-8-2-1-3-10(6-8)12(7-13)9-4-5-9/h1-3,6-7,9H,4-5H2. The lowest BCUT2D eigenvalue weighted by atomic mass is 10.3. The van der Waals surface area contributed by atoms with E-state index in [2.05, 4.69) is 15.9 Å². The van der Waals surface area contributed by atoms with E-state index in [0.29, 0.717) is 6.04 Å². The van der Waals surface area contributed by atoms with Crippen LogP contribution in [0.2, 0.25) is 0 Å². The van der Waals surface area contributed by atoms with Gasteiger partial charge in [0, 0.05) is 16.2 Å². The first kappa shape index (κ1) is 8.75. The summed E-state index contributed by atoms with van der Waals surface area (Å²) in [5.41, 5.74) is 0.979. The van der Waals surface area contributed by atoms with Gasteiger partial charge in [-0.2, -0.15) is 0 Å². The van der Waals surface area contributed by atoms with Gasteiger partial charge in [-0.3, -0.25) is 4.79 Å². The molecule has 0 spiro atoms. The van der Waals surface area contributed by atoms with Crippen molar-refractivity contribution in [3.05, 3.63) is 28.7 Å². The molecule has 2 nitrogen and oxygen atoms in total. The van der Waals surface area contributed by atoms with Gasteiger partial charge in [-0.15, -0.1) is 0 Å². The van der Waals surface area contributed by atoms with Gasteiger partial charge in [-0.1, -0.05) is 22.0 Å². The number of hydrogen-bond acceptors (Lipinski definition) is 1. The van der Waals surface area contributed by atoms with Gasteiger partial charge in [0.1, 0.15) is 0 Å². The molecule has 0 aromatic heterocycles. The molecule has 1 amide bonds. The summed E-state index contributed by atoms with van der Waals surface area (Å²) in [4.78, 5) is 12.6. The summed E-state index contributed by atoms with van der Waals surface area (Å²) in [6.07, 6.45) is 3.18. The number of rotatable bonds is 3. The fraction of sp³-hybridized carbons (Fsp3) is 0.300. The Morgan fingerprint density at radius 2 is 2.23 bits per heavy atom. The maximum Gasteiger partial charge on any atom is 0.214 e. The van der Waals surface area contributed by atoms with Crippen molar-refractivity contribution in [1.82, 2.24) is 0 Å². The van der Waals surface area contributed by atoms with E-state index in [1.807, 2.05) is 24.3 Å². The Balaban J connectivity index is 2.26. The molecule has 1 aliphatic carbocycles. The first-order valence-electron chi connectivity index (χ1n) is 4.30. The summed E-state index contributed by atoms with van der Waals surface area (Å²) in [6, 6.07) is 8.26. The Bertz CT molecular complexity index is 322. The molecule has 1 fully saturated rings. The van der Waals surface area contributed by atoms with Crippen LogP contribution in [-0.4, -0.2) is 12.5 Å². The van der Waals surface area contributed by atoms with Crippen LogP contribution in [0.3, 0.4) is 0 Å². The van der Waals surface area contributed by atoms with E-state index in [1.165, 1.54) is 0 Å². The van der Waals surface area contributed by atoms with Crippen molar-refractivity contribution in [2.75, 3.05) is 4.90 Å². The van der Waals surface area contributed by atoms with E-state index < -0.39 is 0 Å². The quantitative estimate of drug-likeness (QED) is 0.743. The van der Waals surface area contributed by atoms with Crippen molar-refractivity contribution in [2.45, 2.75) is 18.9 Å². The average Bonchev–Trinajstić information content (AvgIpc) is 2.90. The SMILES string of the molecule is O=CN(c1cccc(Br)c1)C1CC1. The number of benzene rings is 1. The number of hydrogen-bond donors (Lipinski definition) is 0. The largest absolute Gasteiger partial charge is 0.312 e. The smallest absolute Gasteiger partial charge is 0.214 e. The van der Waals surface area contributed by atoms with Crippen LogP contribution < -0.4 is 4.90 Å². The minimum absolute atomic E-state index is 0.437. The topological polar surface area (TPSA) is 20.3 Å². The van der Waals surface area contributed by atoms with Crippen LogP contribution in [0.25, 0.3) is 0 Å². The zero-order valence-electron chi connectivity index (χ0n) is 7.11. The van der Waals surface area contributed by atoms with Crippen molar-refractivity contribution >= 4 is 28.0 Å². The number of carbonyl (C=O) groups is 1. The van der Waals surface area contributed by atoms with Crippen molar-refractivity contribution in [3.8, 4) is 0 Å². The summed E-state index contributed by atoms with van der Waals surface area (Å²) in [5, 5.41) is 0. The lowest BCUT2D eigenvalue weighted by Gasteiger charge is -2.16. The normalized spacial score (nSPS) is 15.5. The van der Waals surface area contributed by atoms with E-state index in [4.69, 9.17) is 0 Å².